The molecule has 1 N–H and O–H groups in total. The fourth-order valence-corrected chi connectivity index (χ4v) is 3.56. The molecule has 0 aliphatic carbocycles. The van der Waals surface area contributed by atoms with E-state index in [4.69, 9.17) is 21.1 Å². The molecule has 0 spiro atoms. The van der Waals surface area contributed by atoms with Crippen LogP contribution in [0.2, 0.25) is 5.02 Å². The summed E-state index contributed by atoms with van der Waals surface area (Å²) in [5, 5.41) is 7.50. The molecule has 3 heterocycles. The van der Waals surface area contributed by atoms with Gasteiger partial charge in [0.2, 0.25) is 5.91 Å². The number of benzene rings is 1. The highest BCUT2D eigenvalue weighted by Crippen LogP contribution is 2.38. The van der Waals surface area contributed by atoms with Gasteiger partial charge in [0.25, 0.3) is 0 Å². The van der Waals surface area contributed by atoms with Crippen molar-refractivity contribution in [3.63, 3.8) is 0 Å². The molecule has 2 aliphatic rings. The van der Waals surface area contributed by atoms with Gasteiger partial charge in [-0.05, 0) is 30.7 Å². The van der Waals surface area contributed by atoms with E-state index in [0.717, 1.165) is 30.3 Å². The van der Waals surface area contributed by atoms with Gasteiger partial charge in [-0.1, -0.05) is 11.6 Å². The summed E-state index contributed by atoms with van der Waals surface area (Å²) in [6, 6.07) is 3.61. The highest BCUT2D eigenvalue weighted by Gasteiger charge is 2.21. The highest BCUT2D eigenvalue weighted by molar-refractivity contribution is 6.32. The maximum absolute atomic E-state index is 12.5. The molecule has 148 valence electrons. The minimum absolute atomic E-state index is 0.0144. The van der Waals surface area contributed by atoms with Crippen LogP contribution in [0.4, 0.5) is 0 Å². The van der Waals surface area contributed by atoms with E-state index in [1.165, 1.54) is 0 Å². The number of aryl methyl sites for hydroxylation is 1. The van der Waals surface area contributed by atoms with Crippen molar-refractivity contribution < 1.29 is 14.3 Å². The van der Waals surface area contributed by atoms with Crippen molar-refractivity contribution in [3.05, 3.63) is 40.4 Å². The average molecular weight is 404 g/mol. The lowest BCUT2D eigenvalue weighted by Crippen LogP contribution is -2.47. The zero-order valence-electron chi connectivity index (χ0n) is 15.7. The Kier molecular flexibility index (Phi) is 5.50. The average Bonchev–Trinajstić information content (AvgIpc) is 3.11. The summed E-state index contributed by atoms with van der Waals surface area (Å²) >= 11 is 6.24. The molecule has 8 nitrogen and oxygen atoms in total. The molecule has 0 saturated carbocycles. The number of H-pyrrole nitrogens is 1. The first-order valence-electron chi connectivity index (χ1n) is 9.25. The molecular weight excluding hydrogens is 382 g/mol. The smallest absolute Gasteiger partial charge is 0.246 e. The molecule has 28 heavy (non-hydrogen) atoms. The van der Waals surface area contributed by atoms with E-state index >= 15 is 0 Å². The molecule has 0 unspecified atom stereocenters. The number of carbonyl (C=O) groups excluding carboxylic acids is 1. The summed E-state index contributed by atoms with van der Waals surface area (Å²) < 4.78 is 11.1. The van der Waals surface area contributed by atoms with Crippen molar-refractivity contribution in [2.45, 2.75) is 13.5 Å². The monoisotopic (exact) mass is 403 g/mol. The largest absolute Gasteiger partial charge is 0.486 e. The number of aromatic amines is 1. The number of piperazine rings is 1. The Hall–Kier alpha value is -2.58. The standard InChI is InChI=1S/C19H22ClN5O3/c1-13-21-17(23-22-13)12-24-4-6-25(7-5-24)18(26)3-2-14-10-15(20)19-16(11-14)27-8-9-28-19/h2-3,10-11H,4-9,12H2,1H3,(H,21,22,23)/b3-2+. The van der Waals surface area contributed by atoms with Crippen LogP contribution in [0.15, 0.2) is 18.2 Å². The van der Waals surface area contributed by atoms with Gasteiger partial charge >= 0.3 is 0 Å². The summed E-state index contributed by atoms with van der Waals surface area (Å²) in [7, 11) is 0. The molecule has 9 heteroatoms. The first-order valence-corrected chi connectivity index (χ1v) is 9.62. The molecule has 2 aliphatic heterocycles. The maximum atomic E-state index is 12.5. The van der Waals surface area contributed by atoms with Gasteiger partial charge in [-0.25, -0.2) is 4.98 Å². The third kappa shape index (κ3) is 4.28. The van der Waals surface area contributed by atoms with E-state index < -0.39 is 0 Å². The number of hydrogen-bond acceptors (Lipinski definition) is 6. The van der Waals surface area contributed by atoms with E-state index in [2.05, 4.69) is 20.1 Å². The Labute approximate surface area is 168 Å². The van der Waals surface area contributed by atoms with Crippen LogP contribution in [-0.4, -0.2) is 70.3 Å². The number of nitrogens with zero attached hydrogens (tertiary/aromatic N) is 4. The summed E-state index contributed by atoms with van der Waals surface area (Å²) in [4.78, 5) is 20.9. The van der Waals surface area contributed by atoms with Gasteiger partial charge in [-0.15, -0.1) is 0 Å². The fourth-order valence-electron chi connectivity index (χ4n) is 3.29. The minimum Gasteiger partial charge on any atom is -0.486 e. The number of carbonyl (C=O) groups is 1. The molecule has 1 amide bonds. The zero-order chi connectivity index (χ0) is 19.5. The topological polar surface area (TPSA) is 83.6 Å². The molecular formula is C19H22ClN5O3. The predicted molar refractivity (Wildman–Crippen MR) is 104 cm³/mol. The van der Waals surface area contributed by atoms with Gasteiger partial charge in [-0.2, -0.15) is 5.10 Å². The molecule has 1 fully saturated rings. The van der Waals surface area contributed by atoms with Crippen LogP contribution in [0.5, 0.6) is 11.5 Å². The third-order valence-corrected chi connectivity index (χ3v) is 5.01. The van der Waals surface area contributed by atoms with Crippen molar-refractivity contribution in [3.8, 4) is 11.5 Å². The Bertz CT molecular complexity index is 890. The second-order valence-corrected chi connectivity index (χ2v) is 7.21. The van der Waals surface area contributed by atoms with E-state index in [1.807, 2.05) is 17.9 Å². The number of hydrogen-bond donors (Lipinski definition) is 1. The Morgan fingerprint density at radius 2 is 2.04 bits per heavy atom. The van der Waals surface area contributed by atoms with Crippen LogP contribution < -0.4 is 9.47 Å². The number of ether oxygens (including phenoxy) is 2. The number of fused-ring (bicyclic) bond motifs is 1. The van der Waals surface area contributed by atoms with Crippen molar-refractivity contribution in [2.75, 3.05) is 39.4 Å². The predicted octanol–water partition coefficient (Wildman–Crippen LogP) is 1.90. The normalized spacial score (nSPS) is 17.3. The van der Waals surface area contributed by atoms with Crippen LogP contribution in [0.25, 0.3) is 6.08 Å². The number of halogens is 1. The van der Waals surface area contributed by atoms with Crippen LogP contribution >= 0.6 is 11.6 Å². The third-order valence-electron chi connectivity index (χ3n) is 4.73. The number of nitrogens with one attached hydrogen (secondary N) is 1. The van der Waals surface area contributed by atoms with Crippen LogP contribution in [-0.2, 0) is 11.3 Å². The summed E-state index contributed by atoms with van der Waals surface area (Å²) in [5.41, 5.74) is 0.807. The Morgan fingerprint density at radius 3 is 2.79 bits per heavy atom. The zero-order valence-corrected chi connectivity index (χ0v) is 16.4. The van der Waals surface area contributed by atoms with Gasteiger partial charge in [0.15, 0.2) is 17.3 Å². The Morgan fingerprint density at radius 1 is 1.25 bits per heavy atom. The second kappa shape index (κ2) is 8.20. The quantitative estimate of drug-likeness (QED) is 0.785. The summed E-state index contributed by atoms with van der Waals surface area (Å²) in [6.07, 6.45) is 3.34. The lowest BCUT2D eigenvalue weighted by molar-refractivity contribution is -0.127. The van der Waals surface area contributed by atoms with Crippen LogP contribution in [0.1, 0.15) is 17.2 Å². The van der Waals surface area contributed by atoms with Gasteiger partial charge in [-0.3, -0.25) is 14.8 Å². The van der Waals surface area contributed by atoms with Crippen molar-refractivity contribution in [2.24, 2.45) is 0 Å². The van der Waals surface area contributed by atoms with Crippen molar-refractivity contribution in [1.82, 2.24) is 25.0 Å². The van der Waals surface area contributed by atoms with Gasteiger partial charge < -0.3 is 14.4 Å². The summed E-state index contributed by atoms with van der Waals surface area (Å²) in [6.45, 7) is 6.50. The SMILES string of the molecule is Cc1nc(CN2CCN(C(=O)/C=C/c3cc(Cl)c4c(c3)OCCO4)CC2)n[nH]1. The molecule has 1 aromatic heterocycles. The fraction of sp³-hybridized carbons (Fsp3) is 0.421. The van der Waals surface area contributed by atoms with Crippen LogP contribution in [0.3, 0.4) is 0 Å². The lowest BCUT2D eigenvalue weighted by Gasteiger charge is -2.33. The Balaban J connectivity index is 1.32. The van der Waals surface area contributed by atoms with E-state index in [-0.39, 0.29) is 5.91 Å². The van der Waals surface area contributed by atoms with Gasteiger partial charge in [0.1, 0.15) is 19.0 Å². The van der Waals surface area contributed by atoms with Crippen molar-refractivity contribution in [1.29, 1.82) is 0 Å². The molecule has 0 radical (unpaired) electrons. The van der Waals surface area contributed by atoms with E-state index in [0.29, 0.717) is 49.4 Å². The minimum atomic E-state index is -0.0144. The summed E-state index contributed by atoms with van der Waals surface area (Å²) in [5.74, 6) is 2.76. The molecule has 2 aromatic rings. The number of aromatic nitrogens is 3. The molecule has 4 rings (SSSR count). The van der Waals surface area contributed by atoms with E-state index in [1.54, 1.807) is 18.2 Å². The highest BCUT2D eigenvalue weighted by atomic mass is 35.5. The lowest BCUT2D eigenvalue weighted by atomic mass is 10.1. The van der Waals surface area contributed by atoms with Gasteiger partial charge in [0.05, 0.1) is 11.6 Å². The molecule has 1 saturated heterocycles. The van der Waals surface area contributed by atoms with E-state index in [9.17, 15) is 4.79 Å². The first-order chi connectivity index (χ1) is 13.6. The second-order valence-electron chi connectivity index (χ2n) is 6.80. The number of amides is 1. The van der Waals surface area contributed by atoms with Gasteiger partial charge in [0, 0.05) is 32.3 Å². The molecule has 0 atom stereocenters. The van der Waals surface area contributed by atoms with Crippen molar-refractivity contribution >= 4 is 23.6 Å². The first kappa shape index (κ1) is 18.8. The van der Waals surface area contributed by atoms with Crippen LogP contribution in [0, 0.1) is 6.92 Å². The molecule has 0 bridgehead atoms. The molecule has 1 aromatic carbocycles. The maximum Gasteiger partial charge on any atom is 0.246 e. The number of rotatable bonds is 4.